The van der Waals surface area contributed by atoms with Gasteiger partial charge in [0.25, 0.3) is 0 Å². The van der Waals surface area contributed by atoms with Gasteiger partial charge in [-0.15, -0.1) is 0 Å². The van der Waals surface area contributed by atoms with Crippen LogP contribution in [0.5, 0.6) is 5.88 Å². The fourth-order valence-electron chi connectivity index (χ4n) is 2.52. The number of benzene rings is 2. The molecule has 0 spiro atoms. The summed E-state index contributed by atoms with van der Waals surface area (Å²) in [7, 11) is 0. The van der Waals surface area contributed by atoms with Gasteiger partial charge in [-0.3, -0.25) is 4.40 Å². The second-order valence-electron chi connectivity index (χ2n) is 5.02. The first-order valence-corrected chi connectivity index (χ1v) is 7.01. The van der Waals surface area contributed by atoms with Crippen LogP contribution >= 0.6 is 0 Å². The van der Waals surface area contributed by atoms with E-state index in [1.165, 1.54) is 0 Å². The molecule has 2 aromatic heterocycles. The molecule has 0 aliphatic rings. The van der Waals surface area contributed by atoms with E-state index in [9.17, 15) is 5.11 Å². The molecule has 0 unspecified atom stereocenters. The zero-order chi connectivity index (χ0) is 14.9. The van der Waals surface area contributed by atoms with Crippen LogP contribution in [0.4, 0.5) is 0 Å². The van der Waals surface area contributed by atoms with Crippen molar-refractivity contribution < 1.29 is 5.11 Å². The van der Waals surface area contributed by atoms with Gasteiger partial charge in [-0.05, 0) is 17.2 Å². The predicted molar refractivity (Wildman–Crippen MR) is 85.5 cm³/mol. The zero-order valence-corrected chi connectivity index (χ0v) is 11.7. The molecule has 2 aromatic carbocycles. The van der Waals surface area contributed by atoms with Crippen LogP contribution in [0.15, 0.2) is 73.1 Å². The van der Waals surface area contributed by atoms with Crippen LogP contribution < -0.4 is 0 Å². The highest BCUT2D eigenvalue weighted by atomic mass is 16.3. The van der Waals surface area contributed by atoms with E-state index >= 15 is 0 Å². The molecule has 4 nitrogen and oxygen atoms in total. The normalized spacial score (nSPS) is 10.9. The number of aromatic nitrogens is 3. The lowest BCUT2D eigenvalue weighted by molar-refractivity contribution is 0.450. The van der Waals surface area contributed by atoms with Crippen LogP contribution in [0.3, 0.4) is 0 Å². The van der Waals surface area contributed by atoms with Gasteiger partial charge in [-0.1, -0.05) is 54.6 Å². The third-order valence-corrected chi connectivity index (χ3v) is 3.64. The molecule has 106 valence electrons. The first kappa shape index (κ1) is 12.6. The van der Waals surface area contributed by atoms with Gasteiger partial charge in [-0.2, -0.15) is 0 Å². The summed E-state index contributed by atoms with van der Waals surface area (Å²) in [6.45, 7) is 0. The molecule has 1 N–H and O–H groups in total. The number of imidazole rings is 1. The number of aromatic hydroxyl groups is 1. The van der Waals surface area contributed by atoms with Gasteiger partial charge in [0.05, 0.1) is 0 Å². The minimum atomic E-state index is 0.107. The molecule has 0 amide bonds. The van der Waals surface area contributed by atoms with Crippen LogP contribution in [0.25, 0.3) is 28.2 Å². The van der Waals surface area contributed by atoms with E-state index in [2.05, 4.69) is 22.1 Å². The van der Waals surface area contributed by atoms with Crippen molar-refractivity contribution in [1.82, 2.24) is 14.4 Å². The second-order valence-corrected chi connectivity index (χ2v) is 5.02. The fourth-order valence-corrected chi connectivity index (χ4v) is 2.52. The summed E-state index contributed by atoms with van der Waals surface area (Å²) in [5.41, 5.74) is 3.70. The molecule has 0 atom stereocenters. The third-order valence-electron chi connectivity index (χ3n) is 3.64. The van der Waals surface area contributed by atoms with Gasteiger partial charge in [0, 0.05) is 18.0 Å². The molecular weight excluding hydrogens is 274 g/mol. The maximum Gasteiger partial charge on any atom is 0.237 e. The molecule has 0 aliphatic carbocycles. The fraction of sp³-hybridized carbons (Fsp3) is 0. The van der Waals surface area contributed by atoms with Gasteiger partial charge in [0.1, 0.15) is 5.69 Å². The minimum Gasteiger partial charge on any atom is -0.493 e. The molecule has 0 aliphatic heterocycles. The molecule has 22 heavy (non-hydrogen) atoms. The molecule has 4 aromatic rings. The Bertz CT molecular complexity index is 928. The minimum absolute atomic E-state index is 0.107. The van der Waals surface area contributed by atoms with Crippen molar-refractivity contribution in [3.05, 3.63) is 73.1 Å². The van der Waals surface area contributed by atoms with Crippen molar-refractivity contribution in [3.63, 3.8) is 0 Å². The standard InChI is InChI=1S/C18H13N3O/c22-17-16(20-18-19-11-4-12-21(17)18)15-9-7-14(8-10-15)13-5-2-1-3-6-13/h1-12,22H. The van der Waals surface area contributed by atoms with Crippen molar-refractivity contribution in [3.8, 4) is 28.3 Å². The van der Waals surface area contributed by atoms with Crippen LogP contribution in [-0.2, 0) is 0 Å². The number of nitrogens with zero attached hydrogens (tertiary/aromatic N) is 3. The molecule has 4 heteroatoms. The van der Waals surface area contributed by atoms with E-state index in [-0.39, 0.29) is 5.88 Å². The Balaban J connectivity index is 1.78. The van der Waals surface area contributed by atoms with Crippen LogP contribution in [0.1, 0.15) is 0 Å². The molecule has 0 fully saturated rings. The van der Waals surface area contributed by atoms with E-state index in [1.54, 1.807) is 22.9 Å². The van der Waals surface area contributed by atoms with E-state index in [4.69, 9.17) is 0 Å². The molecule has 0 saturated heterocycles. The quantitative estimate of drug-likeness (QED) is 0.610. The Kier molecular flexibility index (Phi) is 2.86. The highest BCUT2D eigenvalue weighted by molar-refractivity contribution is 5.72. The van der Waals surface area contributed by atoms with Crippen LogP contribution in [-0.4, -0.2) is 19.5 Å². The van der Waals surface area contributed by atoms with Gasteiger partial charge < -0.3 is 5.11 Å². The first-order chi connectivity index (χ1) is 10.8. The van der Waals surface area contributed by atoms with E-state index in [1.807, 2.05) is 42.5 Å². The van der Waals surface area contributed by atoms with Gasteiger partial charge in [-0.25, -0.2) is 9.97 Å². The Morgan fingerprint density at radius 1 is 0.773 bits per heavy atom. The van der Waals surface area contributed by atoms with Gasteiger partial charge >= 0.3 is 0 Å². The highest BCUT2D eigenvalue weighted by Gasteiger charge is 2.13. The lowest BCUT2D eigenvalue weighted by Gasteiger charge is -2.03. The predicted octanol–water partition coefficient (Wildman–Crippen LogP) is 3.77. The van der Waals surface area contributed by atoms with Gasteiger partial charge in [0.15, 0.2) is 0 Å². The number of fused-ring (bicyclic) bond motifs is 1. The summed E-state index contributed by atoms with van der Waals surface area (Å²) in [6, 6.07) is 19.9. The summed E-state index contributed by atoms with van der Waals surface area (Å²) < 4.78 is 1.57. The van der Waals surface area contributed by atoms with E-state index in [0.717, 1.165) is 16.7 Å². The summed E-state index contributed by atoms with van der Waals surface area (Å²) in [5.74, 6) is 0.595. The molecule has 4 rings (SSSR count). The monoisotopic (exact) mass is 287 g/mol. The summed E-state index contributed by atoms with van der Waals surface area (Å²) in [6.07, 6.45) is 3.40. The number of rotatable bonds is 2. The first-order valence-electron chi connectivity index (χ1n) is 7.01. The summed E-state index contributed by atoms with van der Waals surface area (Å²) >= 11 is 0. The van der Waals surface area contributed by atoms with Gasteiger partial charge in [0.2, 0.25) is 11.7 Å². The number of hydrogen-bond acceptors (Lipinski definition) is 3. The number of hydrogen-bond donors (Lipinski definition) is 1. The summed E-state index contributed by atoms with van der Waals surface area (Å²) in [5, 5.41) is 10.3. The van der Waals surface area contributed by atoms with Crippen molar-refractivity contribution in [1.29, 1.82) is 0 Å². The third kappa shape index (κ3) is 2.02. The lowest BCUT2D eigenvalue weighted by Crippen LogP contribution is -1.84. The molecule has 2 heterocycles. The Labute approximate surface area is 127 Å². The van der Waals surface area contributed by atoms with Crippen molar-refractivity contribution in [2.45, 2.75) is 0 Å². The van der Waals surface area contributed by atoms with Crippen LogP contribution in [0.2, 0.25) is 0 Å². The highest BCUT2D eigenvalue weighted by Crippen LogP contribution is 2.30. The average molecular weight is 287 g/mol. The lowest BCUT2D eigenvalue weighted by atomic mass is 10.0. The van der Waals surface area contributed by atoms with Crippen molar-refractivity contribution in [2.75, 3.05) is 0 Å². The van der Waals surface area contributed by atoms with E-state index in [0.29, 0.717) is 11.5 Å². The molecule has 0 radical (unpaired) electrons. The van der Waals surface area contributed by atoms with Crippen LogP contribution in [0, 0.1) is 0 Å². The zero-order valence-electron chi connectivity index (χ0n) is 11.7. The second kappa shape index (κ2) is 5.00. The maximum atomic E-state index is 10.3. The summed E-state index contributed by atoms with van der Waals surface area (Å²) in [4.78, 5) is 8.53. The largest absolute Gasteiger partial charge is 0.493 e. The SMILES string of the molecule is Oc1c(-c2ccc(-c3ccccc3)cc2)nc2ncccn12. The van der Waals surface area contributed by atoms with E-state index < -0.39 is 0 Å². The smallest absolute Gasteiger partial charge is 0.237 e. The Hall–Kier alpha value is -3.14. The van der Waals surface area contributed by atoms with Crippen molar-refractivity contribution in [2.24, 2.45) is 0 Å². The maximum absolute atomic E-state index is 10.3. The Morgan fingerprint density at radius 2 is 1.45 bits per heavy atom. The molecule has 0 bridgehead atoms. The topological polar surface area (TPSA) is 50.4 Å². The molecule has 0 saturated carbocycles. The average Bonchev–Trinajstić information content (AvgIpc) is 2.93. The van der Waals surface area contributed by atoms with Crippen molar-refractivity contribution >= 4 is 5.78 Å². The molecular formula is C18H13N3O. The Morgan fingerprint density at radius 3 is 2.18 bits per heavy atom.